The average Bonchev–Trinajstić information content (AvgIpc) is 3.08. The molecule has 3 heterocycles. The number of hydrogen-bond donors (Lipinski definition) is 1. The zero-order valence-electron chi connectivity index (χ0n) is 12.3. The second kappa shape index (κ2) is 5.65. The minimum absolute atomic E-state index is 0.160. The molecule has 0 bridgehead atoms. The van der Waals surface area contributed by atoms with Gasteiger partial charge in [-0.15, -0.1) is 22.7 Å². The van der Waals surface area contributed by atoms with Crippen molar-refractivity contribution in [3.63, 3.8) is 0 Å². The van der Waals surface area contributed by atoms with E-state index in [0.717, 1.165) is 13.0 Å². The second-order valence-electron chi connectivity index (χ2n) is 6.67. The van der Waals surface area contributed by atoms with Gasteiger partial charge < -0.3 is 10.5 Å². The lowest BCUT2D eigenvalue weighted by molar-refractivity contribution is -0.120. The number of ether oxygens (including phenoxy) is 1. The summed E-state index contributed by atoms with van der Waals surface area (Å²) in [6.45, 7) is 0.901. The van der Waals surface area contributed by atoms with E-state index in [0.29, 0.717) is 5.92 Å². The van der Waals surface area contributed by atoms with Crippen molar-refractivity contribution >= 4 is 32.1 Å². The van der Waals surface area contributed by atoms with Gasteiger partial charge in [-0.05, 0) is 49.1 Å². The number of rotatable bonds is 2. The lowest BCUT2D eigenvalue weighted by atomic mass is 9.74. The molecular weight excluding hydrogens is 298 g/mol. The fourth-order valence-electron chi connectivity index (χ4n) is 4.10. The van der Waals surface area contributed by atoms with Gasteiger partial charge in [0, 0.05) is 26.9 Å². The molecule has 2 unspecified atom stereocenters. The van der Waals surface area contributed by atoms with Crippen LogP contribution in [-0.4, -0.2) is 12.2 Å². The maximum Gasteiger partial charge on any atom is 0.0686 e. The van der Waals surface area contributed by atoms with Crippen molar-refractivity contribution in [1.82, 2.24) is 0 Å². The van der Waals surface area contributed by atoms with E-state index in [9.17, 15) is 0 Å². The van der Waals surface area contributed by atoms with Crippen LogP contribution < -0.4 is 5.73 Å². The number of nitrogens with two attached hydrogens (primary N) is 1. The first-order valence-electron chi connectivity index (χ1n) is 8.12. The van der Waals surface area contributed by atoms with E-state index < -0.39 is 0 Å². The second-order valence-corrected chi connectivity index (χ2v) is 8.73. The van der Waals surface area contributed by atoms with Gasteiger partial charge in [-0.1, -0.05) is 19.3 Å². The molecule has 1 aliphatic heterocycles. The topological polar surface area (TPSA) is 35.2 Å². The Kier molecular flexibility index (Phi) is 3.82. The summed E-state index contributed by atoms with van der Waals surface area (Å²) in [6.07, 6.45) is 8.82. The third kappa shape index (κ3) is 2.67. The summed E-state index contributed by atoms with van der Waals surface area (Å²) in [5.41, 5.74) is 6.80. The van der Waals surface area contributed by atoms with Gasteiger partial charge in [-0.2, -0.15) is 0 Å². The minimum atomic E-state index is 0.160. The van der Waals surface area contributed by atoms with Crippen LogP contribution in [0.5, 0.6) is 0 Å². The van der Waals surface area contributed by atoms with E-state index in [1.165, 1.54) is 52.8 Å². The summed E-state index contributed by atoms with van der Waals surface area (Å²) in [5, 5.41) is 2.17. The standard InChI is InChI=1S/C17H23NOS2/c18-16(15-10-14-13(21-15)5-9-20-14)12-4-8-19-17(11-12)6-2-1-3-7-17/h5,9-10,12,16H,1-4,6-8,11,18H2. The van der Waals surface area contributed by atoms with Crippen molar-refractivity contribution in [2.45, 2.75) is 56.6 Å². The molecule has 2 aromatic rings. The molecule has 1 aliphatic carbocycles. The summed E-state index contributed by atoms with van der Waals surface area (Å²) in [7, 11) is 0. The van der Waals surface area contributed by atoms with Gasteiger partial charge in [0.25, 0.3) is 0 Å². The van der Waals surface area contributed by atoms with Crippen molar-refractivity contribution < 1.29 is 4.74 Å². The molecule has 2 N–H and O–H groups in total. The predicted molar refractivity (Wildman–Crippen MR) is 91.1 cm³/mol. The Bertz CT molecular complexity index is 577. The zero-order chi connectivity index (χ0) is 14.3. The molecule has 2 aliphatic rings. The van der Waals surface area contributed by atoms with Crippen LogP contribution >= 0.6 is 22.7 Å². The van der Waals surface area contributed by atoms with Gasteiger partial charge in [0.2, 0.25) is 0 Å². The van der Waals surface area contributed by atoms with Gasteiger partial charge in [-0.3, -0.25) is 0 Å². The third-order valence-electron chi connectivity index (χ3n) is 5.29. The van der Waals surface area contributed by atoms with E-state index in [1.807, 2.05) is 22.7 Å². The molecule has 1 saturated heterocycles. The van der Waals surface area contributed by atoms with Crippen LogP contribution in [0.4, 0.5) is 0 Å². The van der Waals surface area contributed by atoms with Crippen molar-refractivity contribution in [1.29, 1.82) is 0 Å². The van der Waals surface area contributed by atoms with E-state index in [-0.39, 0.29) is 11.6 Å². The number of thiophene rings is 2. The molecule has 4 rings (SSSR count). The van der Waals surface area contributed by atoms with E-state index in [4.69, 9.17) is 10.5 Å². The molecule has 2 fully saturated rings. The average molecular weight is 322 g/mol. The SMILES string of the molecule is NC(c1cc2sccc2s1)C1CCOC2(CCCCC2)C1. The van der Waals surface area contributed by atoms with Gasteiger partial charge >= 0.3 is 0 Å². The van der Waals surface area contributed by atoms with E-state index in [2.05, 4.69) is 17.5 Å². The molecule has 1 spiro atoms. The Hall–Kier alpha value is -0.420. The van der Waals surface area contributed by atoms with Crippen molar-refractivity contribution in [3.05, 3.63) is 22.4 Å². The van der Waals surface area contributed by atoms with E-state index in [1.54, 1.807) is 0 Å². The van der Waals surface area contributed by atoms with Crippen molar-refractivity contribution in [3.8, 4) is 0 Å². The molecule has 4 heteroatoms. The summed E-state index contributed by atoms with van der Waals surface area (Å²) in [4.78, 5) is 1.37. The predicted octanol–water partition coefficient (Wildman–Crippen LogP) is 5.09. The van der Waals surface area contributed by atoms with Crippen molar-refractivity contribution in [2.75, 3.05) is 6.61 Å². The van der Waals surface area contributed by atoms with Gasteiger partial charge in [0.05, 0.1) is 5.60 Å². The van der Waals surface area contributed by atoms with Gasteiger partial charge in [-0.25, -0.2) is 0 Å². The van der Waals surface area contributed by atoms with Crippen LogP contribution in [0.2, 0.25) is 0 Å². The first-order chi connectivity index (χ1) is 10.3. The Morgan fingerprint density at radius 1 is 1.24 bits per heavy atom. The fourth-order valence-corrected chi connectivity index (χ4v) is 6.31. The third-order valence-corrected chi connectivity index (χ3v) is 7.49. The zero-order valence-corrected chi connectivity index (χ0v) is 14.0. The quantitative estimate of drug-likeness (QED) is 0.836. The molecule has 2 aromatic heterocycles. The first-order valence-corrected chi connectivity index (χ1v) is 9.82. The molecule has 2 nitrogen and oxygen atoms in total. The highest BCUT2D eigenvalue weighted by molar-refractivity contribution is 7.26. The van der Waals surface area contributed by atoms with Crippen LogP contribution in [0.1, 0.15) is 55.9 Å². The monoisotopic (exact) mass is 321 g/mol. The van der Waals surface area contributed by atoms with Crippen LogP contribution in [-0.2, 0) is 4.74 Å². The van der Waals surface area contributed by atoms with Gasteiger partial charge in [0.1, 0.15) is 0 Å². The Morgan fingerprint density at radius 2 is 2.10 bits per heavy atom. The maximum atomic E-state index is 6.64. The maximum absolute atomic E-state index is 6.64. The van der Waals surface area contributed by atoms with Gasteiger partial charge in [0.15, 0.2) is 0 Å². The normalized spacial score (nSPS) is 27.2. The molecule has 1 saturated carbocycles. The largest absolute Gasteiger partial charge is 0.375 e. The fraction of sp³-hybridized carbons (Fsp3) is 0.647. The highest BCUT2D eigenvalue weighted by atomic mass is 32.1. The highest BCUT2D eigenvalue weighted by Crippen LogP contribution is 2.45. The lowest BCUT2D eigenvalue weighted by Gasteiger charge is -2.44. The van der Waals surface area contributed by atoms with E-state index >= 15 is 0 Å². The van der Waals surface area contributed by atoms with Crippen LogP contribution in [0.25, 0.3) is 9.40 Å². The lowest BCUT2D eigenvalue weighted by Crippen LogP contribution is -2.43. The Morgan fingerprint density at radius 3 is 2.90 bits per heavy atom. The molecule has 21 heavy (non-hydrogen) atoms. The highest BCUT2D eigenvalue weighted by Gasteiger charge is 2.40. The summed E-state index contributed by atoms with van der Waals surface area (Å²) >= 11 is 3.71. The molecule has 0 aromatic carbocycles. The summed E-state index contributed by atoms with van der Waals surface area (Å²) in [5.74, 6) is 0.588. The smallest absolute Gasteiger partial charge is 0.0686 e. The minimum Gasteiger partial charge on any atom is -0.375 e. The number of hydrogen-bond acceptors (Lipinski definition) is 4. The molecule has 0 amide bonds. The Labute approximate surface area is 134 Å². The van der Waals surface area contributed by atoms with Crippen LogP contribution in [0, 0.1) is 5.92 Å². The molecular formula is C17H23NOS2. The summed E-state index contributed by atoms with van der Waals surface area (Å²) in [6, 6.07) is 4.73. The Balaban J connectivity index is 1.53. The molecule has 114 valence electrons. The summed E-state index contributed by atoms with van der Waals surface area (Å²) < 4.78 is 9.00. The molecule has 2 atom stereocenters. The first kappa shape index (κ1) is 14.2. The number of fused-ring (bicyclic) bond motifs is 1. The van der Waals surface area contributed by atoms with Crippen LogP contribution in [0.3, 0.4) is 0 Å². The van der Waals surface area contributed by atoms with Crippen molar-refractivity contribution in [2.24, 2.45) is 11.7 Å². The van der Waals surface area contributed by atoms with Crippen LogP contribution in [0.15, 0.2) is 17.5 Å². The molecule has 0 radical (unpaired) electrons.